The van der Waals surface area contributed by atoms with Crippen LogP contribution in [0.25, 0.3) is 17.3 Å². The Morgan fingerprint density at radius 1 is 0.930 bits per heavy atom. The number of amides is 3. The van der Waals surface area contributed by atoms with Gasteiger partial charge in [0.25, 0.3) is 11.8 Å². The maximum absolute atomic E-state index is 13.3. The number of carbonyl (C=O) groups is 3. The average molecular weight is 609 g/mol. The molecule has 1 atom stereocenters. The summed E-state index contributed by atoms with van der Waals surface area (Å²) >= 11 is 2.73. The molecule has 10 heteroatoms. The second-order valence-corrected chi connectivity index (χ2v) is 11.8. The van der Waals surface area contributed by atoms with E-state index >= 15 is 0 Å². The predicted molar refractivity (Wildman–Crippen MR) is 172 cm³/mol. The minimum atomic E-state index is -0.526. The predicted octanol–water partition coefficient (Wildman–Crippen LogP) is 7.24. The van der Waals surface area contributed by atoms with E-state index in [0.717, 1.165) is 16.2 Å². The number of nitrogens with one attached hydrogen (secondary N) is 3. The van der Waals surface area contributed by atoms with E-state index in [0.29, 0.717) is 22.1 Å². The molecule has 0 radical (unpaired) electrons. The summed E-state index contributed by atoms with van der Waals surface area (Å²) < 4.78 is 5.35. The number of carbonyl (C=O) groups excluding carboxylic acids is 3. The molecule has 0 bridgehead atoms. The van der Waals surface area contributed by atoms with Crippen molar-refractivity contribution in [2.24, 2.45) is 0 Å². The monoisotopic (exact) mass is 608 g/mol. The Morgan fingerprint density at radius 3 is 2.47 bits per heavy atom. The van der Waals surface area contributed by atoms with E-state index in [1.165, 1.54) is 41.0 Å². The molecule has 2 aromatic heterocycles. The SMILES string of the molecule is Cc1ccc(-c2csc(NC(=O)C(C)Sc3cccc(NC(=O)/C(=C/c4ccco4)NC(=O)c4ccccc4)c3)n2)cc1. The van der Waals surface area contributed by atoms with Crippen LogP contribution in [-0.4, -0.2) is 28.0 Å². The van der Waals surface area contributed by atoms with Gasteiger partial charge >= 0.3 is 0 Å². The third kappa shape index (κ3) is 8.09. The van der Waals surface area contributed by atoms with Gasteiger partial charge in [-0.15, -0.1) is 23.1 Å². The summed E-state index contributed by atoms with van der Waals surface area (Å²) in [4.78, 5) is 44.3. The molecule has 0 aliphatic heterocycles. The Hall–Kier alpha value is -4.93. The minimum absolute atomic E-state index is 0.0167. The van der Waals surface area contributed by atoms with Crippen molar-refractivity contribution in [3.63, 3.8) is 0 Å². The fraction of sp³-hybridized carbons (Fsp3) is 0.0909. The molecule has 5 rings (SSSR count). The van der Waals surface area contributed by atoms with Crippen LogP contribution in [0.5, 0.6) is 0 Å². The molecule has 1 unspecified atom stereocenters. The zero-order chi connectivity index (χ0) is 30.2. The van der Waals surface area contributed by atoms with Gasteiger partial charge in [-0.25, -0.2) is 4.98 Å². The van der Waals surface area contributed by atoms with Crippen LogP contribution in [0.4, 0.5) is 10.8 Å². The smallest absolute Gasteiger partial charge is 0.272 e. The number of anilines is 2. The highest BCUT2D eigenvalue weighted by atomic mass is 32.2. The molecule has 8 nitrogen and oxygen atoms in total. The number of hydrogen-bond acceptors (Lipinski definition) is 7. The summed E-state index contributed by atoms with van der Waals surface area (Å²) in [5.41, 5.74) is 3.90. The number of benzene rings is 3. The molecule has 0 aliphatic carbocycles. The number of aryl methyl sites for hydroxylation is 1. The molecule has 0 saturated carbocycles. The van der Waals surface area contributed by atoms with Crippen LogP contribution in [0.3, 0.4) is 0 Å². The number of aromatic nitrogens is 1. The minimum Gasteiger partial charge on any atom is -0.465 e. The van der Waals surface area contributed by atoms with E-state index in [1.54, 1.807) is 60.7 Å². The molecular weight excluding hydrogens is 581 g/mol. The average Bonchev–Trinajstić information content (AvgIpc) is 3.70. The van der Waals surface area contributed by atoms with Crippen LogP contribution >= 0.6 is 23.1 Å². The van der Waals surface area contributed by atoms with Gasteiger partial charge in [0.2, 0.25) is 5.91 Å². The van der Waals surface area contributed by atoms with Gasteiger partial charge in [-0.2, -0.15) is 0 Å². The van der Waals surface area contributed by atoms with Crippen molar-refractivity contribution in [3.8, 4) is 11.3 Å². The van der Waals surface area contributed by atoms with Gasteiger partial charge in [-0.1, -0.05) is 54.1 Å². The lowest BCUT2D eigenvalue weighted by Gasteiger charge is -2.13. The van der Waals surface area contributed by atoms with Gasteiger partial charge in [0.15, 0.2) is 5.13 Å². The molecular formula is C33H28N4O4S2. The first kappa shape index (κ1) is 29.6. The molecule has 3 amide bonds. The Morgan fingerprint density at radius 2 is 1.72 bits per heavy atom. The molecule has 0 fully saturated rings. The van der Waals surface area contributed by atoms with E-state index in [-0.39, 0.29) is 11.6 Å². The lowest BCUT2D eigenvalue weighted by atomic mass is 10.1. The molecule has 0 spiro atoms. The second-order valence-electron chi connectivity index (χ2n) is 9.53. The Kier molecular flexibility index (Phi) is 9.50. The van der Waals surface area contributed by atoms with E-state index in [9.17, 15) is 14.4 Å². The van der Waals surface area contributed by atoms with Crippen LogP contribution < -0.4 is 16.0 Å². The lowest BCUT2D eigenvalue weighted by molar-refractivity contribution is -0.115. The van der Waals surface area contributed by atoms with Crippen molar-refractivity contribution in [2.45, 2.75) is 24.0 Å². The van der Waals surface area contributed by atoms with Crippen molar-refractivity contribution in [1.82, 2.24) is 10.3 Å². The lowest BCUT2D eigenvalue weighted by Crippen LogP contribution is -2.30. The summed E-state index contributed by atoms with van der Waals surface area (Å²) in [6, 6.07) is 27.2. The first-order valence-electron chi connectivity index (χ1n) is 13.4. The van der Waals surface area contributed by atoms with Crippen LogP contribution in [0.1, 0.15) is 28.6 Å². The Bertz CT molecular complexity index is 1750. The number of thiazole rings is 1. The van der Waals surface area contributed by atoms with E-state index in [2.05, 4.69) is 20.9 Å². The summed E-state index contributed by atoms with van der Waals surface area (Å²) in [5.74, 6) is -0.726. The van der Waals surface area contributed by atoms with E-state index < -0.39 is 17.1 Å². The zero-order valence-corrected chi connectivity index (χ0v) is 25.0. The summed E-state index contributed by atoms with van der Waals surface area (Å²) in [6.07, 6.45) is 2.94. The first-order chi connectivity index (χ1) is 20.8. The van der Waals surface area contributed by atoms with Crippen molar-refractivity contribution in [1.29, 1.82) is 0 Å². The molecule has 0 saturated heterocycles. The highest BCUT2D eigenvalue weighted by Crippen LogP contribution is 2.29. The molecule has 216 valence electrons. The normalized spacial score (nSPS) is 11.9. The topological polar surface area (TPSA) is 113 Å². The molecule has 2 heterocycles. The van der Waals surface area contributed by atoms with Gasteiger partial charge in [0, 0.05) is 33.2 Å². The summed E-state index contributed by atoms with van der Waals surface area (Å²) in [6.45, 7) is 3.84. The van der Waals surface area contributed by atoms with Gasteiger partial charge < -0.3 is 20.4 Å². The van der Waals surface area contributed by atoms with Gasteiger partial charge in [-0.05, 0) is 56.3 Å². The first-order valence-corrected chi connectivity index (χ1v) is 15.1. The molecule has 43 heavy (non-hydrogen) atoms. The van der Waals surface area contributed by atoms with Crippen molar-refractivity contribution < 1.29 is 18.8 Å². The zero-order valence-electron chi connectivity index (χ0n) is 23.4. The van der Waals surface area contributed by atoms with E-state index in [4.69, 9.17) is 4.42 Å². The fourth-order valence-electron chi connectivity index (χ4n) is 3.96. The highest BCUT2D eigenvalue weighted by Gasteiger charge is 2.18. The molecule has 5 aromatic rings. The van der Waals surface area contributed by atoms with Crippen LogP contribution in [-0.2, 0) is 9.59 Å². The van der Waals surface area contributed by atoms with E-state index in [1.807, 2.05) is 49.6 Å². The number of thioether (sulfide) groups is 1. The number of furan rings is 1. The van der Waals surface area contributed by atoms with Gasteiger partial charge in [0.05, 0.1) is 17.2 Å². The summed E-state index contributed by atoms with van der Waals surface area (Å²) in [7, 11) is 0. The standard InChI is InChI=1S/C33H28N4O4S2/c1-21-13-15-23(16-14-21)29-20-42-33(36-29)37-30(38)22(2)43-27-12-6-10-25(18-27)34-32(40)28(19-26-11-7-17-41-26)35-31(39)24-8-4-3-5-9-24/h3-20,22H,1-2H3,(H,34,40)(H,35,39)(H,36,37,38)/b28-19-. The molecule has 3 N–H and O–H groups in total. The second kappa shape index (κ2) is 13.8. The van der Waals surface area contributed by atoms with Crippen molar-refractivity contribution in [2.75, 3.05) is 10.6 Å². The third-order valence-electron chi connectivity index (χ3n) is 6.21. The van der Waals surface area contributed by atoms with Gasteiger partial charge in [-0.3, -0.25) is 14.4 Å². The summed E-state index contributed by atoms with van der Waals surface area (Å²) in [5, 5.41) is 10.4. The number of rotatable bonds is 10. The van der Waals surface area contributed by atoms with Crippen LogP contribution in [0.2, 0.25) is 0 Å². The van der Waals surface area contributed by atoms with Crippen LogP contribution in [0.15, 0.2) is 118 Å². The number of hydrogen-bond donors (Lipinski definition) is 3. The Labute approximate surface area is 257 Å². The maximum atomic E-state index is 13.3. The maximum Gasteiger partial charge on any atom is 0.272 e. The number of nitrogens with zero attached hydrogens (tertiary/aromatic N) is 1. The largest absolute Gasteiger partial charge is 0.465 e. The quantitative estimate of drug-likeness (QED) is 0.114. The highest BCUT2D eigenvalue weighted by molar-refractivity contribution is 8.00. The molecule has 3 aromatic carbocycles. The molecule has 0 aliphatic rings. The van der Waals surface area contributed by atoms with Crippen molar-refractivity contribution in [3.05, 3.63) is 125 Å². The fourth-order valence-corrected chi connectivity index (χ4v) is 5.61. The van der Waals surface area contributed by atoms with Gasteiger partial charge in [0.1, 0.15) is 11.5 Å². The van der Waals surface area contributed by atoms with Crippen molar-refractivity contribution >= 4 is 57.7 Å². The Balaban J connectivity index is 1.22. The third-order valence-corrected chi connectivity index (χ3v) is 8.07. The van der Waals surface area contributed by atoms with Crippen LogP contribution in [0, 0.1) is 6.92 Å².